The first-order chi connectivity index (χ1) is 17.3. The number of nitrogens with zero attached hydrogens (tertiary/aromatic N) is 6. The highest BCUT2D eigenvalue weighted by molar-refractivity contribution is 6.34. The lowest BCUT2D eigenvalue weighted by Gasteiger charge is -2.38. The van der Waals surface area contributed by atoms with Gasteiger partial charge >= 0.3 is 0 Å². The van der Waals surface area contributed by atoms with Gasteiger partial charge in [-0.05, 0) is 42.5 Å². The maximum absolute atomic E-state index is 14.9. The Morgan fingerprint density at radius 1 is 1.22 bits per heavy atom. The molecule has 2 aromatic heterocycles. The number of aromatic nitrogens is 4. The SMILES string of the molecule is CN(C)C(=O)c1nn2c(c1Cl)CN(c1nc(Cl)nc3c1CN[C@@]1(CCc4cccc(F)c41)C3)CCC2. The molecule has 0 bridgehead atoms. The average Bonchev–Trinajstić information content (AvgIpc) is 3.26. The molecular formula is C25H26Cl2FN7O. The number of rotatable bonds is 2. The van der Waals surface area contributed by atoms with Crippen LogP contribution in [-0.4, -0.2) is 51.2 Å². The number of carbonyl (C=O) groups excluding carboxylic acids is 1. The molecule has 2 aliphatic heterocycles. The third-order valence-electron chi connectivity index (χ3n) is 7.56. The van der Waals surface area contributed by atoms with Crippen LogP contribution in [0, 0.1) is 5.82 Å². The number of amides is 1. The van der Waals surface area contributed by atoms with Crippen molar-refractivity contribution in [3.8, 4) is 0 Å². The summed E-state index contributed by atoms with van der Waals surface area (Å²) in [7, 11) is 3.36. The Morgan fingerprint density at radius 2 is 2.06 bits per heavy atom. The van der Waals surface area contributed by atoms with Crippen LogP contribution in [0.4, 0.5) is 10.2 Å². The van der Waals surface area contributed by atoms with Crippen LogP contribution in [0.15, 0.2) is 18.2 Å². The summed E-state index contributed by atoms with van der Waals surface area (Å²) in [5, 5.41) is 8.68. The van der Waals surface area contributed by atoms with E-state index in [1.165, 1.54) is 11.0 Å². The quantitative estimate of drug-likeness (QED) is 0.509. The van der Waals surface area contributed by atoms with Crippen LogP contribution in [0.1, 0.15) is 51.4 Å². The number of hydrogen-bond donors (Lipinski definition) is 1. The van der Waals surface area contributed by atoms with Crippen LogP contribution < -0.4 is 10.2 Å². The molecule has 36 heavy (non-hydrogen) atoms. The highest BCUT2D eigenvalue weighted by Gasteiger charge is 2.44. The molecule has 188 valence electrons. The van der Waals surface area contributed by atoms with E-state index in [4.69, 9.17) is 23.2 Å². The maximum atomic E-state index is 14.9. The van der Waals surface area contributed by atoms with Gasteiger partial charge in [0.05, 0.1) is 28.5 Å². The Kier molecular flexibility index (Phi) is 5.70. The summed E-state index contributed by atoms with van der Waals surface area (Å²) in [5.74, 6) is 0.332. The van der Waals surface area contributed by atoms with E-state index in [0.29, 0.717) is 31.1 Å². The number of fused-ring (bicyclic) bond motifs is 4. The molecule has 0 radical (unpaired) electrons. The minimum absolute atomic E-state index is 0.167. The molecule has 1 atom stereocenters. The van der Waals surface area contributed by atoms with Crippen molar-refractivity contribution in [3.63, 3.8) is 0 Å². The predicted octanol–water partition coefficient (Wildman–Crippen LogP) is 3.72. The molecule has 8 nitrogen and oxygen atoms in total. The van der Waals surface area contributed by atoms with Crippen LogP contribution >= 0.6 is 23.2 Å². The fraction of sp³-hybridized carbons (Fsp3) is 0.440. The van der Waals surface area contributed by atoms with Gasteiger partial charge in [-0.1, -0.05) is 23.7 Å². The summed E-state index contributed by atoms with van der Waals surface area (Å²) < 4.78 is 16.7. The summed E-state index contributed by atoms with van der Waals surface area (Å²) in [4.78, 5) is 25.4. The van der Waals surface area contributed by atoms with Crippen LogP contribution in [-0.2, 0) is 38.0 Å². The lowest BCUT2D eigenvalue weighted by atomic mass is 9.82. The normalized spacial score (nSPS) is 20.6. The average molecular weight is 530 g/mol. The molecule has 1 spiro atoms. The van der Waals surface area contributed by atoms with E-state index in [2.05, 4.69) is 25.3 Å². The van der Waals surface area contributed by atoms with Crippen molar-refractivity contribution in [1.29, 1.82) is 0 Å². The first-order valence-electron chi connectivity index (χ1n) is 12.1. The van der Waals surface area contributed by atoms with E-state index in [1.54, 1.807) is 20.2 Å². The van der Waals surface area contributed by atoms with Crippen molar-refractivity contribution in [2.45, 2.75) is 50.9 Å². The van der Waals surface area contributed by atoms with Crippen molar-refractivity contribution < 1.29 is 9.18 Å². The van der Waals surface area contributed by atoms with E-state index in [9.17, 15) is 9.18 Å². The molecule has 0 saturated carbocycles. The fourth-order valence-electron chi connectivity index (χ4n) is 5.83. The zero-order valence-corrected chi connectivity index (χ0v) is 21.6. The van der Waals surface area contributed by atoms with Crippen LogP contribution in [0.5, 0.6) is 0 Å². The number of benzene rings is 1. The molecular weight excluding hydrogens is 504 g/mol. The van der Waals surface area contributed by atoms with Gasteiger partial charge in [-0.3, -0.25) is 9.48 Å². The molecule has 0 fully saturated rings. The van der Waals surface area contributed by atoms with Crippen LogP contribution in [0.3, 0.4) is 0 Å². The molecule has 1 amide bonds. The lowest BCUT2D eigenvalue weighted by molar-refractivity contribution is 0.0821. The highest BCUT2D eigenvalue weighted by atomic mass is 35.5. The highest BCUT2D eigenvalue weighted by Crippen LogP contribution is 2.44. The van der Waals surface area contributed by atoms with Crippen molar-refractivity contribution in [3.05, 3.63) is 68.1 Å². The molecule has 1 N–H and O–H groups in total. The molecule has 0 unspecified atom stereocenters. The van der Waals surface area contributed by atoms with Crippen molar-refractivity contribution in [2.75, 3.05) is 25.5 Å². The second-order valence-corrected chi connectivity index (χ2v) is 10.7. The Labute approximate surface area is 218 Å². The molecule has 3 aromatic rings. The first kappa shape index (κ1) is 23.6. The second-order valence-electron chi connectivity index (χ2n) is 9.94. The number of halogens is 3. The monoisotopic (exact) mass is 529 g/mol. The molecule has 1 aliphatic carbocycles. The van der Waals surface area contributed by atoms with Gasteiger partial charge in [0.25, 0.3) is 5.91 Å². The molecule has 0 saturated heterocycles. The third kappa shape index (κ3) is 3.67. The van der Waals surface area contributed by atoms with E-state index in [-0.39, 0.29) is 22.7 Å². The Balaban J connectivity index is 1.36. The molecule has 3 aliphatic rings. The minimum Gasteiger partial charge on any atom is -0.350 e. The van der Waals surface area contributed by atoms with E-state index in [1.807, 2.05) is 10.7 Å². The van der Waals surface area contributed by atoms with Gasteiger partial charge in [0.2, 0.25) is 5.28 Å². The summed E-state index contributed by atoms with van der Waals surface area (Å²) in [6.45, 7) is 2.31. The first-order valence-corrected chi connectivity index (χ1v) is 12.8. The number of anilines is 1. The summed E-state index contributed by atoms with van der Waals surface area (Å²) in [6, 6.07) is 5.30. The van der Waals surface area contributed by atoms with Crippen LogP contribution in [0.2, 0.25) is 10.3 Å². The van der Waals surface area contributed by atoms with E-state index >= 15 is 0 Å². The number of carbonyl (C=O) groups is 1. The maximum Gasteiger partial charge on any atom is 0.275 e. The zero-order valence-electron chi connectivity index (χ0n) is 20.1. The summed E-state index contributed by atoms with van der Waals surface area (Å²) in [5.41, 5.74) is 4.13. The molecule has 11 heteroatoms. The summed E-state index contributed by atoms with van der Waals surface area (Å²) in [6.07, 6.45) is 2.97. The van der Waals surface area contributed by atoms with Gasteiger partial charge < -0.3 is 15.1 Å². The van der Waals surface area contributed by atoms with Crippen LogP contribution in [0.25, 0.3) is 0 Å². The van der Waals surface area contributed by atoms with Gasteiger partial charge in [0.15, 0.2) is 5.69 Å². The number of hydrogen-bond acceptors (Lipinski definition) is 6. The van der Waals surface area contributed by atoms with Gasteiger partial charge in [0, 0.05) is 51.3 Å². The van der Waals surface area contributed by atoms with Gasteiger partial charge in [-0.25, -0.2) is 14.4 Å². The topological polar surface area (TPSA) is 79.2 Å². The lowest BCUT2D eigenvalue weighted by Crippen LogP contribution is -2.47. The fourth-order valence-corrected chi connectivity index (χ4v) is 6.29. The van der Waals surface area contributed by atoms with Gasteiger partial charge in [0.1, 0.15) is 11.6 Å². The standard InChI is InChI=1S/C25H26Cl2FN7O/c1-33(2)23(36)21-20(26)18-13-34(9-4-10-35(18)32-21)22-15-12-29-25(11-17(15)30-24(27)31-22)8-7-14-5-3-6-16(28)19(14)25/h3,5-6,29H,4,7-13H2,1-2H3/t25-/m0/s1. The zero-order chi connectivity index (χ0) is 25.2. The smallest absolute Gasteiger partial charge is 0.275 e. The number of nitrogens with one attached hydrogen (secondary N) is 1. The predicted molar refractivity (Wildman–Crippen MR) is 135 cm³/mol. The third-order valence-corrected chi connectivity index (χ3v) is 8.12. The van der Waals surface area contributed by atoms with Crippen molar-refractivity contribution in [2.24, 2.45) is 0 Å². The van der Waals surface area contributed by atoms with Gasteiger partial charge in [-0.15, -0.1) is 0 Å². The Hall–Kier alpha value is -2.75. The largest absolute Gasteiger partial charge is 0.350 e. The Morgan fingerprint density at radius 3 is 2.86 bits per heavy atom. The number of aryl methyl sites for hydroxylation is 2. The molecule has 1 aromatic carbocycles. The van der Waals surface area contributed by atoms with E-state index in [0.717, 1.165) is 59.7 Å². The van der Waals surface area contributed by atoms with Gasteiger partial charge in [-0.2, -0.15) is 5.10 Å². The Bertz CT molecular complexity index is 1390. The molecule has 4 heterocycles. The van der Waals surface area contributed by atoms with Crippen molar-refractivity contribution in [1.82, 2.24) is 30.0 Å². The minimum atomic E-state index is -0.495. The second kappa shape index (κ2) is 8.68. The molecule has 6 rings (SSSR count). The van der Waals surface area contributed by atoms with E-state index < -0.39 is 5.54 Å². The summed E-state index contributed by atoms with van der Waals surface area (Å²) >= 11 is 13.1. The van der Waals surface area contributed by atoms with Crippen molar-refractivity contribution >= 4 is 34.9 Å².